The maximum Gasteiger partial charge on any atom is 0.276 e. The van der Waals surface area contributed by atoms with Gasteiger partial charge in [-0.2, -0.15) is 5.10 Å². The molecule has 38 heavy (non-hydrogen) atoms. The number of nitro groups is 2. The van der Waals surface area contributed by atoms with Gasteiger partial charge in [0.15, 0.2) is 12.4 Å². The highest BCUT2D eigenvalue weighted by Gasteiger charge is 2.16. The Kier molecular flexibility index (Phi) is 7.74. The molecule has 0 saturated carbocycles. The van der Waals surface area contributed by atoms with Crippen molar-refractivity contribution in [2.24, 2.45) is 0 Å². The van der Waals surface area contributed by atoms with Crippen LogP contribution < -0.4 is 14.8 Å². The van der Waals surface area contributed by atoms with E-state index >= 15 is 0 Å². The van der Waals surface area contributed by atoms with Gasteiger partial charge >= 0.3 is 0 Å². The van der Waals surface area contributed by atoms with Crippen molar-refractivity contribution in [1.29, 1.82) is 0 Å². The lowest BCUT2D eigenvalue weighted by atomic mass is 10.2. The average Bonchev–Trinajstić information content (AvgIpc) is 3.34. The smallest absolute Gasteiger partial charge is 0.276 e. The van der Waals surface area contributed by atoms with Crippen molar-refractivity contribution < 1.29 is 24.1 Å². The Morgan fingerprint density at radius 3 is 2.39 bits per heavy atom. The molecule has 1 aromatic heterocycles. The van der Waals surface area contributed by atoms with Crippen LogP contribution in [0.15, 0.2) is 66.9 Å². The summed E-state index contributed by atoms with van der Waals surface area (Å²) < 4.78 is 12.6. The second kappa shape index (κ2) is 11.2. The minimum absolute atomic E-state index is 0.00527. The largest absolute Gasteiger partial charge is 0.470 e. The normalized spacial score (nSPS) is 10.6. The van der Waals surface area contributed by atoms with Gasteiger partial charge in [-0.1, -0.05) is 23.2 Å². The monoisotopic (exact) mass is 557 g/mol. The van der Waals surface area contributed by atoms with Gasteiger partial charge in [-0.25, -0.2) is 4.68 Å². The Bertz CT molecular complexity index is 1560. The molecular weight excluding hydrogens is 541 g/mol. The summed E-state index contributed by atoms with van der Waals surface area (Å²) in [6.07, 6.45) is 1.47. The van der Waals surface area contributed by atoms with Gasteiger partial charge < -0.3 is 14.8 Å². The lowest BCUT2D eigenvalue weighted by Gasteiger charge is -2.10. The number of amides is 1. The number of anilines is 1. The molecule has 4 rings (SSSR count). The third-order valence-corrected chi connectivity index (χ3v) is 5.80. The van der Waals surface area contributed by atoms with Crippen molar-refractivity contribution in [2.45, 2.75) is 13.7 Å². The number of carbonyl (C=O) groups excluding carboxylic acids is 1. The molecule has 0 aliphatic heterocycles. The van der Waals surface area contributed by atoms with E-state index in [1.165, 1.54) is 47.3 Å². The van der Waals surface area contributed by atoms with E-state index in [9.17, 15) is 25.0 Å². The third-order valence-electron chi connectivity index (χ3n) is 5.08. The molecule has 1 heterocycles. The van der Waals surface area contributed by atoms with E-state index in [0.29, 0.717) is 10.8 Å². The summed E-state index contributed by atoms with van der Waals surface area (Å²) in [5.74, 6) is 0.108. The van der Waals surface area contributed by atoms with E-state index in [4.69, 9.17) is 32.7 Å². The molecule has 12 nitrogen and oxygen atoms in total. The molecule has 4 aromatic rings. The first kappa shape index (κ1) is 26.4. The van der Waals surface area contributed by atoms with E-state index in [1.807, 2.05) is 0 Å². The van der Waals surface area contributed by atoms with Crippen LogP contribution in [0.4, 0.5) is 17.1 Å². The van der Waals surface area contributed by atoms with Gasteiger partial charge in [0.2, 0.25) is 0 Å². The molecule has 0 aliphatic carbocycles. The summed E-state index contributed by atoms with van der Waals surface area (Å²) in [4.78, 5) is 33.8. The maximum atomic E-state index is 12.8. The number of ether oxygens (including phenoxy) is 2. The van der Waals surface area contributed by atoms with Crippen LogP contribution in [0.5, 0.6) is 17.2 Å². The molecule has 0 atom stereocenters. The third kappa shape index (κ3) is 6.35. The second-order valence-electron chi connectivity index (χ2n) is 7.83. The number of hydrogen-bond acceptors (Lipinski definition) is 8. The van der Waals surface area contributed by atoms with E-state index in [2.05, 4.69) is 10.4 Å². The molecular formula is C24H17Cl2N5O7. The first-order valence-corrected chi connectivity index (χ1v) is 11.5. The molecule has 1 amide bonds. The molecule has 0 radical (unpaired) electrons. The van der Waals surface area contributed by atoms with E-state index in [-0.39, 0.29) is 46.0 Å². The van der Waals surface area contributed by atoms with Crippen molar-refractivity contribution >= 4 is 46.2 Å². The van der Waals surface area contributed by atoms with Crippen molar-refractivity contribution in [2.75, 3.05) is 5.32 Å². The molecule has 0 aliphatic rings. The first-order chi connectivity index (χ1) is 18.1. The van der Waals surface area contributed by atoms with Crippen molar-refractivity contribution in [3.05, 3.63) is 108 Å². The Hall–Kier alpha value is -4.68. The van der Waals surface area contributed by atoms with E-state index < -0.39 is 15.8 Å². The zero-order chi connectivity index (χ0) is 27.4. The number of aromatic nitrogens is 2. The summed E-state index contributed by atoms with van der Waals surface area (Å²) in [6, 6.07) is 14.0. The number of non-ortho nitro benzene ring substituents is 2. The highest BCUT2D eigenvalue weighted by atomic mass is 35.5. The highest BCUT2D eigenvalue weighted by Crippen LogP contribution is 2.32. The van der Waals surface area contributed by atoms with Crippen LogP contribution in [0, 0.1) is 27.2 Å². The molecule has 0 unspecified atom stereocenters. The van der Waals surface area contributed by atoms with Gasteiger partial charge in [-0.05, 0) is 42.8 Å². The number of rotatable bonds is 9. The zero-order valence-corrected chi connectivity index (χ0v) is 21.0. The number of nitro benzene ring substituents is 2. The standard InChI is InChI=1S/C24H17Cl2N5O7/c1-14-8-18(3-4-20(14)25)38-19-10-15(9-17(11-19)31(35)36)27-24(32)22-6-7-29(28-22)13-37-23-5-2-16(30(33)34)12-21(23)26/h2-12H,13H2,1H3,(H,27,32). The number of hydrogen-bond donors (Lipinski definition) is 1. The van der Waals surface area contributed by atoms with Gasteiger partial charge in [0.05, 0.1) is 26.6 Å². The van der Waals surface area contributed by atoms with Gasteiger partial charge in [-0.3, -0.25) is 25.0 Å². The average molecular weight is 558 g/mol. The van der Waals surface area contributed by atoms with Crippen molar-refractivity contribution in [1.82, 2.24) is 9.78 Å². The molecule has 0 bridgehead atoms. The molecule has 0 fully saturated rings. The predicted octanol–water partition coefficient (Wildman–Crippen LogP) is 6.40. The fourth-order valence-corrected chi connectivity index (χ4v) is 3.59. The van der Waals surface area contributed by atoms with E-state index in [0.717, 1.165) is 11.6 Å². The minimum Gasteiger partial charge on any atom is -0.470 e. The fraction of sp³-hybridized carbons (Fsp3) is 0.0833. The first-order valence-electron chi connectivity index (χ1n) is 10.7. The molecule has 14 heteroatoms. The van der Waals surface area contributed by atoms with Crippen LogP contribution in [0.25, 0.3) is 0 Å². The Balaban J connectivity index is 1.45. The SMILES string of the molecule is Cc1cc(Oc2cc(NC(=O)c3ccn(COc4ccc([N+](=O)[O-])cc4Cl)n3)cc([N+](=O)[O-])c2)ccc1Cl. The maximum absolute atomic E-state index is 12.8. The number of aryl methyl sites for hydroxylation is 1. The zero-order valence-electron chi connectivity index (χ0n) is 19.5. The van der Waals surface area contributed by atoms with Crippen LogP contribution in [0.3, 0.4) is 0 Å². The minimum atomic E-state index is -0.633. The number of carbonyl (C=O) groups is 1. The van der Waals surface area contributed by atoms with Crippen LogP contribution in [-0.2, 0) is 6.73 Å². The number of benzene rings is 3. The van der Waals surface area contributed by atoms with Gasteiger partial charge in [0.1, 0.15) is 17.2 Å². The predicted molar refractivity (Wildman–Crippen MR) is 138 cm³/mol. The number of nitrogens with zero attached hydrogens (tertiary/aromatic N) is 4. The van der Waals surface area contributed by atoms with Crippen molar-refractivity contribution in [3.63, 3.8) is 0 Å². The molecule has 0 saturated heterocycles. The molecule has 194 valence electrons. The summed E-state index contributed by atoms with van der Waals surface area (Å²) >= 11 is 12.0. The van der Waals surface area contributed by atoms with Crippen LogP contribution in [-0.4, -0.2) is 25.5 Å². The summed E-state index contributed by atoms with van der Waals surface area (Å²) in [5, 5.41) is 29.5. The number of halogens is 2. The number of nitrogens with one attached hydrogen (secondary N) is 1. The quantitative estimate of drug-likeness (QED) is 0.183. The second-order valence-corrected chi connectivity index (χ2v) is 8.64. The van der Waals surface area contributed by atoms with E-state index in [1.54, 1.807) is 25.1 Å². The Morgan fingerprint density at radius 1 is 0.947 bits per heavy atom. The summed E-state index contributed by atoms with van der Waals surface area (Å²) in [6.45, 7) is 1.65. The van der Waals surface area contributed by atoms with Crippen LogP contribution >= 0.6 is 23.2 Å². The van der Waals surface area contributed by atoms with Crippen LogP contribution in [0.1, 0.15) is 16.1 Å². The highest BCUT2D eigenvalue weighted by molar-refractivity contribution is 6.32. The molecule has 3 aromatic carbocycles. The van der Waals surface area contributed by atoms with Gasteiger partial charge in [-0.15, -0.1) is 0 Å². The van der Waals surface area contributed by atoms with Crippen LogP contribution in [0.2, 0.25) is 10.0 Å². The molecule has 1 N–H and O–H groups in total. The fourth-order valence-electron chi connectivity index (χ4n) is 3.24. The van der Waals surface area contributed by atoms with Gasteiger partial charge in [0.25, 0.3) is 17.3 Å². The van der Waals surface area contributed by atoms with Crippen molar-refractivity contribution in [3.8, 4) is 17.2 Å². The lowest BCUT2D eigenvalue weighted by Crippen LogP contribution is -2.14. The van der Waals surface area contributed by atoms with Gasteiger partial charge in [0, 0.05) is 35.5 Å². The molecule has 0 spiro atoms. The summed E-state index contributed by atoms with van der Waals surface area (Å²) in [5.41, 5.74) is 0.415. The Morgan fingerprint density at radius 2 is 1.71 bits per heavy atom. The Labute approximate surface area is 224 Å². The lowest BCUT2D eigenvalue weighted by molar-refractivity contribution is -0.385. The topological polar surface area (TPSA) is 152 Å². The summed E-state index contributed by atoms with van der Waals surface area (Å²) in [7, 11) is 0.